The van der Waals surface area contributed by atoms with Gasteiger partial charge in [0, 0.05) is 11.8 Å². The number of H-pyrrole nitrogens is 1. The van der Waals surface area contributed by atoms with Crippen LogP contribution in [0, 0.1) is 4.77 Å². The molecule has 0 aliphatic carbocycles. The highest BCUT2D eigenvalue weighted by molar-refractivity contribution is 7.71. The molecule has 18 heavy (non-hydrogen) atoms. The van der Waals surface area contributed by atoms with Crippen LogP contribution in [0.1, 0.15) is 5.56 Å². The number of nitrogens with one attached hydrogen (secondary N) is 1. The predicted molar refractivity (Wildman–Crippen MR) is 68.5 cm³/mol. The maximum atomic E-state index is 5.23. The summed E-state index contributed by atoms with van der Waals surface area (Å²) in [5.74, 6) is 0.724. The molecule has 0 saturated heterocycles. The van der Waals surface area contributed by atoms with Gasteiger partial charge in [-0.05, 0) is 30.4 Å². The molecule has 3 heterocycles. The minimum atomic E-state index is 0.567. The monoisotopic (exact) mass is 258 g/mol. The third-order valence-corrected chi connectivity index (χ3v) is 2.88. The number of nitrogens with zero attached hydrogens (tertiary/aromatic N) is 3. The third kappa shape index (κ3) is 1.98. The summed E-state index contributed by atoms with van der Waals surface area (Å²) in [4.78, 5) is 4.28. The molecular weight excluding hydrogens is 248 g/mol. The van der Waals surface area contributed by atoms with Crippen molar-refractivity contribution in [3.8, 4) is 11.5 Å². The van der Waals surface area contributed by atoms with Crippen molar-refractivity contribution in [1.82, 2.24) is 19.7 Å². The van der Waals surface area contributed by atoms with E-state index in [0.29, 0.717) is 11.3 Å². The summed E-state index contributed by atoms with van der Waals surface area (Å²) in [5.41, 5.74) is 1.82. The minimum Gasteiger partial charge on any atom is -0.472 e. The van der Waals surface area contributed by atoms with Crippen LogP contribution in [0.4, 0.5) is 0 Å². The fourth-order valence-electron chi connectivity index (χ4n) is 1.72. The third-order valence-electron chi connectivity index (χ3n) is 2.57. The van der Waals surface area contributed by atoms with Crippen LogP contribution < -0.4 is 0 Å². The lowest BCUT2D eigenvalue weighted by atomic mass is 10.3. The Morgan fingerprint density at radius 2 is 2.28 bits per heavy atom. The van der Waals surface area contributed by atoms with Gasteiger partial charge in [0.2, 0.25) is 0 Å². The minimum absolute atomic E-state index is 0.567. The van der Waals surface area contributed by atoms with Crippen molar-refractivity contribution in [2.75, 3.05) is 0 Å². The Balaban J connectivity index is 2.04. The van der Waals surface area contributed by atoms with E-state index >= 15 is 0 Å². The van der Waals surface area contributed by atoms with Gasteiger partial charge >= 0.3 is 0 Å². The maximum Gasteiger partial charge on any atom is 0.195 e. The van der Waals surface area contributed by atoms with Crippen LogP contribution in [0.15, 0.2) is 47.4 Å². The van der Waals surface area contributed by atoms with Crippen LogP contribution in [0.2, 0.25) is 0 Å². The predicted octanol–water partition coefficient (Wildman–Crippen LogP) is 2.64. The Labute approximate surface area is 108 Å². The number of pyridine rings is 1. The number of hydrogen-bond donors (Lipinski definition) is 1. The first-order chi connectivity index (χ1) is 8.84. The summed E-state index contributed by atoms with van der Waals surface area (Å²) in [6.45, 7) is 0.609. The van der Waals surface area contributed by atoms with Gasteiger partial charge in [0.1, 0.15) is 5.69 Å². The zero-order valence-corrected chi connectivity index (χ0v) is 10.2. The van der Waals surface area contributed by atoms with Crippen molar-refractivity contribution >= 4 is 12.2 Å². The Morgan fingerprint density at radius 3 is 3.00 bits per heavy atom. The number of hydrogen-bond acceptors (Lipinski definition) is 4. The lowest BCUT2D eigenvalue weighted by Gasteiger charge is -2.04. The van der Waals surface area contributed by atoms with Crippen molar-refractivity contribution in [2.24, 2.45) is 0 Å². The normalized spacial score (nSPS) is 10.7. The molecule has 3 rings (SSSR count). The standard InChI is InChI=1S/C12H10N4OS/c18-12-15-14-11(10-3-1-2-5-13-10)16(12)7-9-4-6-17-8-9/h1-6,8H,7H2,(H,15,18). The average molecular weight is 258 g/mol. The smallest absolute Gasteiger partial charge is 0.195 e. The van der Waals surface area contributed by atoms with Crippen molar-refractivity contribution < 1.29 is 4.42 Å². The van der Waals surface area contributed by atoms with Gasteiger partial charge in [0.15, 0.2) is 10.6 Å². The summed E-state index contributed by atoms with van der Waals surface area (Å²) in [5, 5.41) is 7.01. The topological polar surface area (TPSA) is 59.6 Å². The van der Waals surface area contributed by atoms with Gasteiger partial charge in [-0.15, -0.1) is 0 Å². The molecule has 0 atom stereocenters. The SMILES string of the molecule is S=c1[nH]nc(-c2ccccn2)n1Cc1ccoc1. The van der Waals surface area contributed by atoms with Crippen LogP contribution in [-0.4, -0.2) is 19.7 Å². The summed E-state index contributed by atoms with van der Waals surface area (Å²) >= 11 is 5.23. The zero-order valence-electron chi connectivity index (χ0n) is 9.41. The van der Waals surface area contributed by atoms with E-state index in [9.17, 15) is 0 Å². The second kappa shape index (κ2) is 4.58. The average Bonchev–Trinajstić information content (AvgIpc) is 3.03. The molecule has 0 amide bonds. The Morgan fingerprint density at radius 1 is 1.33 bits per heavy atom. The van der Waals surface area contributed by atoms with E-state index in [1.54, 1.807) is 18.7 Å². The van der Waals surface area contributed by atoms with Gasteiger partial charge in [-0.2, -0.15) is 5.10 Å². The summed E-state index contributed by atoms with van der Waals surface area (Å²) in [6.07, 6.45) is 5.06. The highest BCUT2D eigenvalue weighted by Crippen LogP contribution is 2.15. The largest absolute Gasteiger partial charge is 0.472 e. The first kappa shape index (κ1) is 10.9. The van der Waals surface area contributed by atoms with E-state index in [1.807, 2.05) is 28.8 Å². The van der Waals surface area contributed by atoms with Gasteiger partial charge in [-0.1, -0.05) is 6.07 Å². The van der Waals surface area contributed by atoms with Crippen LogP contribution in [0.3, 0.4) is 0 Å². The first-order valence-electron chi connectivity index (χ1n) is 5.42. The molecule has 0 saturated carbocycles. The van der Waals surface area contributed by atoms with Gasteiger partial charge in [-0.3, -0.25) is 14.6 Å². The second-order valence-corrected chi connectivity index (χ2v) is 4.17. The van der Waals surface area contributed by atoms with Crippen LogP contribution in [-0.2, 0) is 6.54 Å². The lowest BCUT2D eigenvalue weighted by Crippen LogP contribution is -2.02. The molecular formula is C12H10N4OS. The van der Waals surface area contributed by atoms with Gasteiger partial charge in [0.25, 0.3) is 0 Å². The van der Waals surface area contributed by atoms with Crippen LogP contribution >= 0.6 is 12.2 Å². The molecule has 0 unspecified atom stereocenters. The van der Waals surface area contributed by atoms with Crippen molar-refractivity contribution in [1.29, 1.82) is 0 Å². The fourth-order valence-corrected chi connectivity index (χ4v) is 1.92. The maximum absolute atomic E-state index is 5.23. The van der Waals surface area contributed by atoms with E-state index in [2.05, 4.69) is 15.2 Å². The first-order valence-corrected chi connectivity index (χ1v) is 5.83. The van der Waals surface area contributed by atoms with E-state index in [-0.39, 0.29) is 0 Å². The molecule has 0 spiro atoms. The van der Waals surface area contributed by atoms with E-state index in [0.717, 1.165) is 17.1 Å². The number of furan rings is 1. The van der Waals surface area contributed by atoms with Crippen molar-refractivity contribution in [3.05, 3.63) is 53.3 Å². The summed E-state index contributed by atoms with van der Waals surface area (Å²) in [7, 11) is 0. The van der Waals surface area contributed by atoms with Gasteiger partial charge < -0.3 is 4.42 Å². The molecule has 0 aliphatic rings. The zero-order chi connectivity index (χ0) is 12.4. The molecule has 1 N–H and O–H groups in total. The summed E-state index contributed by atoms with van der Waals surface area (Å²) < 4.78 is 7.51. The molecule has 0 radical (unpaired) electrons. The quantitative estimate of drug-likeness (QED) is 0.734. The molecule has 0 aromatic carbocycles. The van der Waals surface area contributed by atoms with Crippen molar-refractivity contribution in [2.45, 2.75) is 6.54 Å². The number of aromatic nitrogens is 4. The molecule has 3 aromatic rings. The van der Waals surface area contributed by atoms with E-state index in [1.165, 1.54) is 0 Å². The molecule has 3 aromatic heterocycles. The highest BCUT2D eigenvalue weighted by atomic mass is 32.1. The molecule has 0 fully saturated rings. The van der Waals surface area contributed by atoms with E-state index < -0.39 is 0 Å². The Hall–Kier alpha value is -2.21. The number of rotatable bonds is 3. The Bertz CT molecular complexity index is 684. The highest BCUT2D eigenvalue weighted by Gasteiger charge is 2.10. The molecule has 90 valence electrons. The Kier molecular flexibility index (Phi) is 2.77. The molecule has 0 bridgehead atoms. The summed E-state index contributed by atoms with van der Waals surface area (Å²) in [6, 6.07) is 7.58. The molecule has 5 nitrogen and oxygen atoms in total. The van der Waals surface area contributed by atoms with Crippen LogP contribution in [0.5, 0.6) is 0 Å². The lowest BCUT2D eigenvalue weighted by molar-refractivity contribution is 0.562. The number of aromatic amines is 1. The van der Waals surface area contributed by atoms with E-state index in [4.69, 9.17) is 16.6 Å². The second-order valence-electron chi connectivity index (χ2n) is 3.79. The van der Waals surface area contributed by atoms with Crippen molar-refractivity contribution in [3.63, 3.8) is 0 Å². The molecule has 6 heteroatoms. The van der Waals surface area contributed by atoms with Crippen LogP contribution in [0.25, 0.3) is 11.5 Å². The molecule has 0 aliphatic heterocycles. The fraction of sp³-hybridized carbons (Fsp3) is 0.0833. The van der Waals surface area contributed by atoms with Gasteiger partial charge in [-0.25, -0.2) is 0 Å². The van der Waals surface area contributed by atoms with Gasteiger partial charge in [0.05, 0.1) is 19.1 Å².